The van der Waals surface area contributed by atoms with Gasteiger partial charge in [0.1, 0.15) is 0 Å². The van der Waals surface area contributed by atoms with Crippen molar-refractivity contribution in [3.8, 4) is 0 Å². The van der Waals surface area contributed by atoms with Crippen molar-refractivity contribution in [1.82, 2.24) is 4.90 Å². The fourth-order valence-electron chi connectivity index (χ4n) is 2.16. The Labute approximate surface area is 112 Å². The van der Waals surface area contributed by atoms with E-state index in [0.717, 1.165) is 5.56 Å². The van der Waals surface area contributed by atoms with Gasteiger partial charge in [0, 0.05) is 25.2 Å². The predicted octanol–water partition coefficient (Wildman–Crippen LogP) is 2.39. The van der Waals surface area contributed by atoms with Crippen molar-refractivity contribution < 1.29 is 9.72 Å². The number of rotatable bonds is 5. The smallest absolute Gasteiger partial charge is 0.269 e. The Morgan fingerprint density at radius 1 is 1.42 bits per heavy atom. The van der Waals surface area contributed by atoms with E-state index < -0.39 is 4.92 Å². The predicted molar refractivity (Wildman–Crippen MR) is 71.8 cm³/mol. The summed E-state index contributed by atoms with van der Waals surface area (Å²) in [5.41, 5.74) is 0.862. The van der Waals surface area contributed by atoms with Crippen LogP contribution in [-0.2, 0) is 11.2 Å². The summed E-state index contributed by atoms with van der Waals surface area (Å²) >= 11 is 0. The lowest BCUT2D eigenvalue weighted by Crippen LogP contribution is -2.37. The summed E-state index contributed by atoms with van der Waals surface area (Å²) in [4.78, 5) is 24.0. The molecule has 0 saturated heterocycles. The first-order valence-corrected chi connectivity index (χ1v) is 6.48. The number of hydrogen-bond donors (Lipinski definition) is 0. The van der Waals surface area contributed by atoms with Gasteiger partial charge in [-0.2, -0.15) is 0 Å². The molecule has 0 bridgehead atoms. The monoisotopic (exact) mass is 262 g/mol. The molecule has 1 saturated carbocycles. The Morgan fingerprint density at radius 2 is 2.00 bits per heavy atom. The summed E-state index contributed by atoms with van der Waals surface area (Å²) in [5, 5.41) is 10.5. The molecular weight excluding hydrogens is 244 g/mol. The van der Waals surface area contributed by atoms with E-state index in [9.17, 15) is 14.9 Å². The fraction of sp³-hybridized carbons (Fsp3) is 0.500. The number of likely N-dealkylation sites (N-methyl/N-ethyl adjacent to an activating group) is 1. The third-order valence-electron chi connectivity index (χ3n) is 3.81. The minimum Gasteiger partial charge on any atom is -0.342 e. The zero-order valence-corrected chi connectivity index (χ0v) is 11.2. The maximum Gasteiger partial charge on any atom is 0.269 e. The van der Waals surface area contributed by atoms with E-state index in [0.29, 0.717) is 12.3 Å². The van der Waals surface area contributed by atoms with E-state index in [1.54, 1.807) is 17.0 Å². The number of carbonyl (C=O) groups excluding carboxylic acids is 1. The molecule has 2 rings (SSSR count). The molecule has 102 valence electrons. The Hall–Kier alpha value is -1.91. The van der Waals surface area contributed by atoms with Crippen LogP contribution >= 0.6 is 0 Å². The van der Waals surface area contributed by atoms with Crippen LogP contribution in [0.15, 0.2) is 24.3 Å². The minimum absolute atomic E-state index is 0.0518. The molecule has 5 heteroatoms. The fourth-order valence-corrected chi connectivity index (χ4v) is 2.16. The zero-order chi connectivity index (χ0) is 14.0. The quantitative estimate of drug-likeness (QED) is 0.604. The number of benzene rings is 1. The Bertz CT molecular complexity index is 480. The number of hydrogen-bond acceptors (Lipinski definition) is 3. The molecule has 0 spiro atoms. The van der Waals surface area contributed by atoms with Gasteiger partial charge in [0.05, 0.1) is 11.3 Å². The first-order chi connectivity index (χ1) is 8.99. The highest BCUT2D eigenvalue weighted by Gasteiger charge is 2.32. The van der Waals surface area contributed by atoms with Crippen molar-refractivity contribution in [1.29, 1.82) is 0 Å². The number of nitrogens with zero attached hydrogens (tertiary/aromatic N) is 2. The summed E-state index contributed by atoms with van der Waals surface area (Å²) in [6.45, 7) is 2.07. The van der Waals surface area contributed by atoms with Crippen LogP contribution in [0.3, 0.4) is 0 Å². The van der Waals surface area contributed by atoms with Gasteiger partial charge >= 0.3 is 0 Å². The normalized spacial score (nSPS) is 15.9. The first-order valence-electron chi connectivity index (χ1n) is 6.48. The molecule has 1 amide bonds. The molecule has 0 aliphatic heterocycles. The van der Waals surface area contributed by atoms with Crippen LogP contribution in [0.5, 0.6) is 0 Å². The molecule has 1 aliphatic rings. The second kappa shape index (κ2) is 5.38. The summed E-state index contributed by atoms with van der Waals surface area (Å²) in [6, 6.07) is 6.45. The Balaban J connectivity index is 1.96. The van der Waals surface area contributed by atoms with Crippen LogP contribution in [0.25, 0.3) is 0 Å². The van der Waals surface area contributed by atoms with Gasteiger partial charge in [-0.15, -0.1) is 0 Å². The van der Waals surface area contributed by atoms with Crippen LogP contribution in [0, 0.1) is 16.0 Å². The number of non-ortho nitro benzene ring substituents is 1. The molecule has 0 aromatic heterocycles. The third kappa shape index (κ3) is 3.30. The summed E-state index contributed by atoms with van der Waals surface area (Å²) in [5.74, 6) is 0.707. The van der Waals surface area contributed by atoms with Gasteiger partial charge < -0.3 is 4.90 Å². The van der Waals surface area contributed by atoms with Gasteiger partial charge in [0.15, 0.2) is 0 Å². The standard InChI is InChI=1S/C14H18N2O3/c1-10(12-5-6-12)15(2)14(17)9-11-3-7-13(8-4-11)16(18)19/h3-4,7-8,10,12H,5-6,9H2,1-2H3. The number of nitro benzene ring substituents is 1. The van der Waals surface area contributed by atoms with Crippen molar-refractivity contribution in [3.63, 3.8) is 0 Å². The van der Waals surface area contributed by atoms with Crippen molar-refractivity contribution in [3.05, 3.63) is 39.9 Å². The van der Waals surface area contributed by atoms with Gasteiger partial charge in [-0.25, -0.2) is 0 Å². The van der Waals surface area contributed by atoms with Gasteiger partial charge in [-0.05, 0) is 31.2 Å². The molecule has 1 aliphatic carbocycles. The van der Waals surface area contributed by atoms with Crippen LogP contribution in [0.4, 0.5) is 5.69 Å². The zero-order valence-electron chi connectivity index (χ0n) is 11.2. The summed E-state index contributed by atoms with van der Waals surface area (Å²) in [7, 11) is 1.83. The maximum atomic E-state index is 12.1. The van der Waals surface area contributed by atoms with E-state index in [2.05, 4.69) is 6.92 Å². The highest BCUT2D eigenvalue weighted by atomic mass is 16.6. The number of amides is 1. The Kier molecular flexibility index (Phi) is 3.83. The van der Waals surface area contributed by atoms with Gasteiger partial charge in [0.25, 0.3) is 5.69 Å². The molecule has 19 heavy (non-hydrogen) atoms. The van der Waals surface area contributed by atoms with E-state index in [-0.39, 0.29) is 17.6 Å². The van der Waals surface area contributed by atoms with Crippen molar-refractivity contribution in [2.45, 2.75) is 32.2 Å². The lowest BCUT2D eigenvalue weighted by Gasteiger charge is -2.24. The average Bonchev–Trinajstić information content (AvgIpc) is 3.21. The second-order valence-electron chi connectivity index (χ2n) is 5.18. The SMILES string of the molecule is CC(C1CC1)N(C)C(=O)Cc1ccc([N+](=O)[O-])cc1. The summed E-state index contributed by atoms with van der Waals surface area (Å²) < 4.78 is 0. The van der Waals surface area contributed by atoms with Crippen LogP contribution < -0.4 is 0 Å². The van der Waals surface area contributed by atoms with Gasteiger partial charge in [0.2, 0.25) is 5.91 Å². The molecule has 0 N–H and O–H groups in total. The largest absolute Gasteiger partial charge is 0.342 e. The van der Waals surface area contributed by atoms with Crippen LogP contribution in [0.1, 0.15) is 25.3 Å². The highest BCUT2D eigenvalue weighted by molar-refractivity contribution is 5.78. The van der Waals surface area contributed by atoms with Crippen molar-refractivity contribution in [2.24, 2.45) is 5.92 Å². The molecule has 1 aromatic rings. The topological polar surface area (TPSA) is 63.5 Å². The molecule has 1 unspecified atom stereocenters. The molecular formula is C14H18N2O3. The average molecular weight is 262 g/mol. The first kappa shape index (κ1) is 13.5. The minimum atomic E-state index is -0.438. The maximum absolute atomic E-state index is 12.1. The lowest BCUT2D eigenvalue weighted by molar-refractivity contribution is -0.384. The van der Waals surface area contributed by atoms with E-state index in [1.165, 1.54) is 25.0 Å². The van der Waals surface area contributed by atoms with E-state index in [4.69, 9.17) is 0 Å². The van der Waals surface area contributed by atoms with Gasteiger partial charge in [-0.1, -0.05) is 12.1 Å². The van der Waals surface area contributed by atoms with E-state index in [1.807, 2.05) is 7.05 Å². The van der Waals surface area contributed by atoms with Crippen LogP contribution in [0.2, 0.25) is 0 Å². The molecule has 1 fully saturated rings. The number of nitro groups is 1. The van der Waals surface area contributed by atoms with E-state index >= 15 is 0 Å². The summed E-state index contributed by atoms with van der Waals surface area (Å²) in [6.07, 6.45) is 2.71. The second-order valence-corrected chi connectivity index (χ2v) is 5.18. The molecule has 1 atom stereocenters. The lowest BCUT2D eigenvalue weighted by atomic mass is 10.1. The molecule has 0 radical (unpaired) electrons. The Morgan fingerprint density at radius 3 is 2.47 bits per heavy atom. The molecule has 5 nitrogen and oxygen atoms in total. The van der Waals surface area contributed by atoms with Crippen LogP contribution in [-0.4, -0.2) is 28.8 Å². The van der Waals surface area contributed by atoms with Crippen molar-refractivity contribution in [2.75, 3.05) is 7.05 Å². The highest BCUT2D eigenvalue weighted by Crippen LogP contribution is 2.34. The number of carbonyl (C=O) groups is 1. The molecule has 0 heterocycles. The van der Waals surface area contributed by atoms with Crippen molar-refractivity contribution >= 4 is 11.6 Å². The molecule has 1 aromatic carbocycles. The van der Waals surface area contributed by atoms with Gasteiger partial charge in [-0.3, -0.25) is 14.9 Å². The third-order valence-corrected chi connectivity index (χ3v) is 3.81.